The first-order valence-corrected chi connectivity index (χ1v) is 9.23. The van der Waals surface area contributed by atoms with E-state index in [2.05, 4.69) is 4.98 Å². The van der Waals surface area contributed by atoms with E-state index in [1.165, 1.54) is 12.1 Å². The molecular weight excluding hydrogens is 393 g/mol. The van der Waals surface area contributed by atoms with Crippen LogP contribution in [0.4, 0.5) is 4.39 Å². The van der Waals surface area contributed by atoms with E-state index in [9.17, 15) is 14.3 Å². The van der Waals surface area contributed by atoms with Crippen molar-refractivity contribution in [3.63, 3.8) is 0 Å². The number of nitrogens with one attached hydrogen (secondary N) is 1. The number of H-pyrrole nitrogens is 1. The van der Waals surface area contributed by atoms with Crippen LogP contribution in [0.2, 0.25) is 5.02 Å². The van der Waals surface area contributed by atoms with Gasteiger partial charge in [0.15, 0.2) is 0 Å². The van der Waals surface area contributed by atoms with Crippen molar-refractivity contribution in [1.29, 1.82) is 0 Å². The van der Waals surface area contributed by atoms with Gasteiger partial charge in [-0.15, -0.1) is 0 Å². The average Bonchev–Trinajstić information content (AvgIpc) is 3.07. The summed E-state index contributed by atoms with van der Waals surface area (Å²) in [6.07, 6.45) is 0. The van der Waals surface area contributed by atoms with Crippen LogP contribution in [0.3, 0.4) is 0 Å². The third kappa shape index (κ3) is 2.70. The van der Waals surface area contributed by atoms with Gasteiger partial charge in [-0.25, -0.2) is 9.18 Å². The topological polar surface area (TPSA) is 66.2 Å². The highest BCUT2D eigenvalue weighted by molar-refractivity contribution is 6.31. The molecule has 0 bridgehead atoms. The lowest BCUT2D eigenvalue weighted by molar-refractivity contribution is 0.471. The van der Waals surface area contributed by atoms with Crippen molar-refractivity contribution in [3.8, 4) is 28.1 Å². The summed E-state index contributed by atoms with van der Waals surface area (Å²) < 4.78 is 19.7. The third-order valence-electron chi connectivity index (χ3n) is 4.94. The molecule has 2 N–H and O–H groups in total. The SMILES string of the molecule is O=c1oc2ccccc2c(O)c1-c1c(-c2ccccc2)[nH]c2cc(Cl)c(F)cc12. The van der Waals surface area contributed by atoms with Crippen LogP contribution in [0.15, 0.2) is 75.9 Å². The van der Waals surface area contributed by atoms with Crippen LogP contribution in [-0.4, -0.2) is 10.1 Å². The molecule has 0 aliphatic carbocycles. The molecule has 5 rings (SSSR count). The maximum Gasteiger partial charge on any atom is 0.348 e. The normalized spacial score (nSPS) is 11.4. The molecule has 0 saturated carbocycles. The summed E-state index contributed by atoms with van der Waals surface area (Å²) in [7, 11) is 0. The average molecular weight is 406 g/mol. The summed E-state index contributed by atoms with van der Waals surface area (Å²) in [4.78, 5) is 16.1. The molecule has 6 heteroatoms. The van der Waals surface area contributed by atoms with Gasteiger partial charge in [-0.3, -0.25) is 0 Å². The zero-order valence-electron chi connectivity index (χ0n) is 14.9. The summed E-state index contributed by atoms with van der Waals surface area (Å²) in [5.41, 5.74) is 1.75. The Hall–Kier alpha value is -3.57. The molecule has 0 aliphatic heterocycles. The quantitative estimate of drug-likeness (QED) is 0.348. The Morgan fingerprint density at radius 1 is 0.931 bits per heavy atom. The number of fused-ring (bicyclic) bond motifs is 2. The standard InChI is InChI=1S/C23H13ClFNO3/c24-15-11-17-14(10-16(15)25)19(21(26-17)12-6-2-1-3-7-12)20-22(27)13-8-4-5-9-18(13)29-23(20)28/h1-11,26-27H. The van der Waals surface area contributed by atoms with Gasteiger partial charge in [0.2, 0.25) is 0 Å². The maximum atomic E-state index is 14.3. The zero-order valence-corrected chi connectivity index (χ0v) is 15.6. The van der Waals surface area contributed by atoms with Crippen molar-refractivity contribution >= 4 is 33.5 Å². The number of halogens is 2. The number of hydrogen-bond acceptors (Lipinski definition) is 3. The van der Waals surface area contributed by atoms with Crippen LogP contribution >= 0.6 is 11.6 Å². The first-order valence-electron chi connectivity index (χ1n) is 8.86. The zero-order chi connectivity index (χ0) is 20.1. The van der Waals surface area contributed by atoms with Crippen LogP contribution in [0.5, 0.6) is 5.75 Å². The summed E-state index contributed by atoms with van der Waals surface area (Å²) in [6.45, 7) is 0. The monoisotopic (exact) mass is 405 g/mol. The van der Waals surface area contributed by atoms with Crippen molar-refractivity contribution in [1.82, 2.24) is 4.98 Å². The van der Waals surface area contributed by atoms with E-state index in [0.29, 0.717) is 27.5 Å². The van der Waals surface area contributed by atoms with E-state index in [1.54, 1.807) is 24.3 Å². The second-order valence-electron chi connectivity index (χ2n) is 6.66. The molecule has 2 heterocycles. The molecule has 2 aromatic heterocycles. The van der Waals surface area contributed by atoms with Gasteiger partial charge >= 0.3 is 5.63 Å². The Kier molecular flexibility index (Phi) is 3.93. The molecule has 0 unspecified atom stereocenters. The first-order chi connectivity index (χ1) is 14.0. The van der Waals surface area contributed by atoms with E-state index in [4.69, 9.17) is 16.0 Å². The molecule has 0 amide bonds. The Morgan fingerprint density at radius 2 is 1.66 bits per heavy atom. The Balaban J connectivity index is 1.96. The number of rotatable bonds is 2. The predicted molar refractivity (Wildman–Crippen MR) is 112 cm³/mol. The molecule has 0 saturated heterocycles. The van der Waals surface area contributed by atoms with Gasteiger partial charge in [0.1, 0.15) is 22.7 Å². The molecule has 3 aromatic carbocycles. The van der Waals surface area contributed by atoms with E-state index in [0.717, 1.165) is 5.56 Å². The predicted octanol–water partition coefficient (Wildman–Crippen LogP) is 6.11. The summed E-state index contributed by atoms with van der Waals surface area (Å²) in [6, 6.07) is 18.7. The lowest BCUT2D eigenvalue weighted by Gasteiger charge is -2.09. The second-order valence-corrected chi connectivity index (χ2v) is 7.07. The van der Waals surface area contributed by atoms with Crippen molar-refractivity contribution < 1.29 is 13.9 Å². The largest absolute Gasteiger partial charge is 0.506 e. The number of aromatic nitrogens is 1. The van der Waals surface area contributed by atoms with Gasteiger partial charge in [0.25, 0.3) is 0 Å². The van der Waals surface area contributed by atoms with Crippen LogP contribution in [-0.2, 0) is 0 Å². The van der Waals surface area contributed by atoms with Gasteiger partial charge in [-0.1, -0.05) is 54.1 Å². The number of aromatic amines is 1. The highest BCUT2D eigenvalue weighted by atomic mass is 35.5. The molecule has 0 radical (unpaired) electrons. The Bertz CT molecular complexity index is 1450. The molecule has 4 nitrogen and oxygen atoms in total. The molecule has 29 heavy (non-hydrogen) atoms. The highest BCUT2D eigenvalue weighted by Gasteiger charge is 2.24. The second kappa shape index (κ2) is 6.50. The lowest BCUT2D eigenvalue weighted by Crippen LogP contribution is -2.04. The van der Waals surface area contributed by atoms with E-state index in [1.807, 2.05) is 30.3 Å². The minimum absolute atomic E-state index is 0.0319. The van der Waals surface area contributed by atoms with Gasteiger partial charge in [-0.2, -0.15) is 0 Å². The third-order valence-corrected chi connectivity index (χ3v) is 5.23. The first kappa shape index (κ1) is 17.5. The number of hydrogen-bond donors (Lipinski definition) is 2. The number of benzene rings is 3. The fourth-order valence-corrected chi connectivity index (χ4v) is 3.79. The van der Waals surface area contributed by atoms with Crippen molar-refractivity contribution in [3.05, 3.63) is 88.0 Å². The molecule has 0 spiro atoms. The fourth-order valence-electron chi connectivity index (χ4n) is 3.62. The lowest BCUT2D eigenvalue weighted by atomic mass is 9.97. The van der Waals surface area contributed by atoms with Gasteiger partial charge in [0, 0.05) is 16.5 Å². The summed E-state index contributed by atoms with van der Waals surface area (Å²) >= 11 is 5.96. The number of aromatic hydroxyl groups is 1. The maximum absolute atomic E-state index is 14.3. The van der Waals surface area contributed by atoms with Crippen LogP contribution in [0.1, 0.15) is 0 Å². The van der Waals surface area contributed by atoms with Crippen molar-refractivity contribution in [2.75, 3.05) is 0 Å². The minimum atomic E-state index is -0.713. The van der Waals surface area contributed by atoms with Gasteiger partial charge in [-0.05, 0) is 29.8 Å². The molecule has 5 aromatic rings. The minimum Gasteiger partial charge on any atom is -0.506 e. The van der Waals surface area contributed by atoms with E-state index in [-0.39, 0.29) is 21.9 Å². The Morgan fingerprint density at radius 3 is 2.45 bits per heavy atom. The number of para-hydroxylation sites is 1. The molecule has 0 atom stereocenters. The van der Waals surface area contributed by atoms with Crippen molar-refractivity contribution in [2.24, 2.45) is 0 Å². The molecule has 0 fully saturated rings. The summed E-state index contributed by atoms with van der Waals surface area (Å²) in [5, 5.41) is 11.7. The van der Waals surface area contributed by atoms with E-state index >= 15 is 0 Å². The Labute approximate surface area is 168 Å². The van der Waals surface area contributed by atoms with Crippen LogP contribution in [0.25, 0.3) is 44.3 Å². The van der Waals surface area contributed by atoms with Gasteiger partial charge < -0.3 is 14.5 Å². The molecule has 142 valence electrons. The molecule has 0 aliphatic rings. The van der Waals surface area contributed by atoms with Crippen LogP contribution in [0, 0.1) is 5.82 Å². The van der Waals surface area contributed by atoms with E-state index < -0.39 is 11.4 Å². The smallest absolute Gasteiger partial charge is 0.348 e. The van der Waals surface area contributed by atoms with Crippen molar-refractivity contribution in [2.45, 2.75) is 0 Å². The van der Waals surface area contributed by atoms with Gasteiger partial charge in [0.05, 0.1) is 16.1 Å². The summed E-state index contributed by atoms with van der Waals surface area (Å²) in [5.74, 6) is -0.839. The molecular formula is C23H13ClFNO3. The highest BCUT2D eigenvalue weighted by Crippen LogP contribution is 2.43. The van der Waals surface area contributed by atoms with Crippen LogP contribution < -0.4 is 5.63 Å². The fraction of sp³-hybridized carbons (Fsp3) is 0.